The molecule has 2 atom stereocenters. The van der Waals surface area contributed by atoms with E-state index in [1.807, 2.05) is 0 Å². The fourth-order valence-electron chi connectivity index (χ4n) is 1.67. The molecular weight excluding hydrogens is 262 g/mol. The molecule has 0 aliphatic carbocycles. The molecule has 0 spiro atoms. The second kappa shape index (κ2) is 3.46. The third kappa shape index (κ3) is 1.65. The first-order valence-corrected chi connectivity index (χ1v) is 6.91. The van der Waals surface area contributed by atoms with E-state index in [0.717, 1.165) is 10.1 Å². The Morgan fingerprint density at radius 3 is 2.82 bits per heavy atom. The van der Waals surface area contributed by atoms with Crippen LogP contribution in [0.2, 0.25) is 0 Å². The van der Waals surface area contributed by atoms with Gasteiger partial charge < -0.3 is 10.6 Å². The molecule has 7 heteroatoms. The average Bonchev–Trinajstić information content (AvgIpc) is 2.77. The van der Waals surface area contributed by atoms with Gasteiger partial charge in [0, 0.05) is 10.3 Å². The predicted octanol–water partition coefficient (Wildman–Crippen LogP) is 1.99. The van der Waals surface area contributed by atoms with Crippen molar-refractivity contribution < 1.29 is 14.1 Å². The largest absolute Gasteiger partial charge is 0.365 e. The lowest BCUT2D eigenvalue weighted by atomic mass is 10.1. The lowest BCUT2D eigenvalue weighted by Crippen LogP contribution is -2.08. The number of primary amides is 1. The summed E-state index contributed by atoms with van der Waals surface area (Å²) in [6, 6.07) is 6.60. The van der Waals surface area contributed by atoms with Crippen molar-refractivity contribution in [3.8, 4) is 0 Å². The van der Waals surface area contributed by atoms with Crippen molar-refractivity contribution in [2.24, 2.45) is 5.73 Å². The zero-order chi connectivity index (χ0) is 12.2. The highest BCUT2D eigenvalue weighted by atomic mass is 32.1. The molecular formula is C10H8FN2O2PS. The predicted molar refractivity (Wildman–Crippen MR) is 65.4 cm³/mol. The van der Waals surface area contributed by atoms with Crippen LogP contribution in [-0.4, -0.2) is 10.8 Å². The molecule has 88 valence electrons. The maximum absolute atomic E-state index is 13.9. The molecule has 3 rings (SSSR count). The van der Waals surface area contributed by atoms with Gasteiger partial charge in [-0.1, -0.05) is 6.07 Å². The number of fused-ring (bicyclic) bond motifs is 1. The lowest BCUT2D eigenvalue weighted by molar-refractivity contribution is 0.100. The standard InChI is InChI=1S/C10H8FN2O2PS/c11-10(13-16(10)15)6-1-2-7-5(3-6)4-8(17-7)9(12)14/h1-4,13,15H,(H2,12,14). The number of carbonyl (C=O) groups excluding carboxylic acids is 1. The van der Waals surface area contributed by atoms with Crippen LogP contribution >= 0.6 is 19.6 Å². The minimum absolute atomic E-state index is 0.382. The maximum atomic E-state index is 13.9. The summed E-state index contributed by atoms with van der Waals surface area (Å²) in [4.78, 5) is 20.7. The van der Waals surface area contributed by atoms with Crippen molar-refractivity contribution in [2.45, 2.75) is 5.53 Å². The maximum Gasteiger partial charge on any atom is 0.258 e. The molecule has 4 nitrogen and oxygen atoms in total. The first-order valence-electron chi connectivity index (χ1n) is 4.80. The van der Waals surface area contributed by atoms with E-state index in [1.54, 1.807) is 24.3 Å². The zero-order valence-corrected chi connectivity index (χ0v) is 10.2. The van der Waals surface area contributed by atoms with Gasteiger partial charge in [0.15, 0.2) is 8.30 Å². The molecule has 1 amide bonds. The molecule has 0 saturated carbocycles. The van der Waals surface area contributed by atoms with Crippen LogP contribution in [-0.2, 0) is 5.53 Å². The number of hydrogen-bond acceptors (Lipinski definition) is 4. The van der Waals surface area contributed by atoms with Gasteiger partial charge in [-0.25, -0.2) is 9.48 Å². The average molecular weight is 270 g/mol. The fourth-order valence-corrected chi connectivity index (χ4v) is 3.45. The zero-order valence-electron chi connectivity index (χ0n) is 8.48. The number of carbonyl (C=O) groups is 1. The minimum Gasteiger partial charge on any atom is -0.365 e. The fraction of sp³-hybridized carbons (Fsp3) is 0.100. The van der Waals surface area contributed by atoms with Crippen LogP contribution in [0.5, 0.6) is 0 Å². The number of halogens is 1. The first-order chi connectivity index (χ1) is 8.00. The number of thiophene rings is 1. The molecule has 0 bridgehead atoms. The number of hydrogen-bond donors (Lipinski definition) is 3. The van der Waals surface area contributed by atoms with Gasteiger partial charge in [0.05, 0.1) is 4.88 Å². The van der Waals surface area contributed by atoms with E-state index in [4.69, 9.17) is 5.73 Å². The van der Waals surface area contributed by atoms with Gasteiger partial charge in [0.1, 0.15) is 0 Å². The van der Waals surface area contributed by atoms with E-state index < -0.39 is 19.7 Å². The Morgan fingerprint density at radius 2 is 2.24 bits per heavy atom. The highest BCUT2D eigenvalue weighted by Gasteiger charge is 2.57. The van der Waals surface area contributed by atoms with Gasteiger partial charge in [-0.2, -0.15) is 0 Å². The van der Waals surface area contributed by atoms with Crippen LogP contribution in [0.15, 0.2) is 24.3 Å². The van der Waals surface area contributed by atoms with Crippen LogP contribution in [0.25, 0.3) is 10.1 Å². The summed E-state index contributed by atoms with van der Waals surface area (Å²) in [6.45, 7) is 0. The monoisotopic (exact) mass is 270 g/mol. The molecule has 17 heavy (non-hydrogen) atoms. The Hall–Kier alpha value is -1.07. The number of nitrogens with one attached hydrogen (secondary N) is 1. The molecule has 2 aromatic rings. The van der Waals surface area contributed by atoms with E-state index >= 15 is 0 Å². The Morgan fingerprint density at radius 1 is 1.53 bits per heavy atom. The van der Waals surface area contributed by atoms with Crippen molar-refractivity contribution in [3.05, 3.63) is 34.7 Å². The molecule has 1 fully saturated rings. The lowest BCUT2D eigenvalue weighted by Gasteiger charge is -2.02. The van der Waals surface area contributed by atoms with Crippen LogP contribution in [0.3, 0.4) is 0 Å². The van der Waals surface area contributed by atoms with Crippen LogP contribution < -0.4 is 10.8 Å². The van der Waals surface area contributed by atoms with Crippen LogP contribution in [0, 0.1) is 0 Å². The van der Waals surface area contributed by atoms with Crippen molar-refractivity contribution in [3.63, 3.8) is 0 Å². The van der Waals surface area contributed by atoms with Gasteiger partial charge in [-0.3, -0.25) is 4.79 Å². The SMILES string of the molecule is NC(=O)c1cc2cc(C3(F)NP3O)ccc2s1. The highest BCUT2D eigenvalue weighted by molar-refractivity contribution is 7.57. The molecule has 2 heterocycles. The van der Waals surface area contributed by atoms with E-state index in [1.165, 1.54) is 11.3 Å². The van der Waals surface area contributed by atoms with Gasteiger partial charge in [0.2, 0.25) is 5.53 Å². The van der Waals surface area contributed by atoms with Crippen molar-refractivity contribution in [1.29, 1.82) is 0 Å². The molecule has 1 aromatic heterocycles. The van der Waals surface area contributed by atoms with Crippen molar-refractivity contribution >= 4 is 35.6 Å². The van der Waals surface area contributed by atoms with Crippen molar-refractivity contribution in [1.82, 2.24) is 5.09 Å². The van der Waals surface area contributed by atoms with Gasteiger partial charge >= 0.3 is 0 Å². The number of amides is 1. The molecule has 2 unspecified atom stereocenters. The summed E-state index contributed by atoms with van der Waals surface area (Å²) in [7, 11) is -1.76. The Labute approximate surface area is 101 Å². The van der Waals surface area contributed by atoms with E-state index in [2.05, 4.69) is 5.09 Å². The molecule has 1 saturated heterocycles. The van der Waals surface area contributed by atoms with Crippen molar-refractivity contribution in [2.75, 3.05) is 0 Å². The molecule has 4 N–H and O–H groups in total. The molecule has 1 aliphatic rings. The summed E-state index contributed by atoms with van der Waals surface area (Å²) in [5.74, 6) is -0.489. The number of benzene rings is 1. The van der Waals surface area contributed by atoms with Gasteiger partial charge in [0.25, 0.3) is 5.91 Å². The third-order valence-electron chi connectivity index (χ3n) is 2.64. The normalized spacial score (nSPS) is 27.3. The summed E-state index contributed by atoms with van der Waals surface area (Å²) >= 11 is 1.27. The number of alkyl halides is 1. The Kier molecular flexibility index (Phi) is 2.25. The molecule has 0 radical (unpaired) electrons. The first kappa shape index (κ1) is 11.0. The second-order valence-electron chi connectivity index (χ2n) is 3.77. The van der Waals surface area contributed by atoms with E-state index in [9.17, 15) is 14.1 Å². The quantitative estimate of drug-likeness (QED) is 0.443. The highest BCUT2D eigenvalue weighted by Crippen LogP contribution is 2.65. The topological polar surface area (TPSA) is 85.3 Å². The summed E-state index contributed by atoms with van der Waals surface area (Å²) in [5.41, 5.74) is 3.77. The van der Waals surface area contributed by atoms with E-state index in [-0.39, 0.29) is 0 Å². The minimum atomic E-state index is -1.79. The summed E-state index contributed by atoms with van der Waals surface area (Å²) in [5, 5.41) is 3.14. The van der Waals surface area contributed by atoms with Gasteiger partial charge in [-0.05, 0) is 23.6 Å². The Bertz CT molecular complexity index is 632. The van der Waals surface area contributed by atoms with Crippen LogP contribution in [0.4, 0.5) is 4.39 Å². The summed E-state index contributed by atoms with van der Waals surface area (Å²) < 4.78 is 14.8. The molecule has 1 aliphatic heterocycles. The molecule has 1 aromatic carbocycles. The van der Waals surface area contributed by atoms with Gasteiger partial charge in [-0.15, -0.1) is 11.3 Å². The summed E-state index contributed by atoms with van der Waals surface area (Å²) in [6.07, 6.45) is 0. The third-order valence-corrected chi connectivity index (χ3v) is 5.02. The van der Waals surface area contributed by atoms with E-state index in [0.29, 0.717) is 10.4 Å². The number of nitrogens with two attached hydrogens (primary N) is 1. The Balaban J connectivity index is 2.10. The smallest absolute Gasteiger partial charge is 0.258 e. The number of rotatable bonds is 2. The second-order valence-corrected chi connectivity index (χ2v) is 6.32. The van der Waals surface area contributed by atoms with Crippen LogP contribution in [0.1, 0.15) is 15.2 Å².